The number of amides is 1. The van der Waals surface area contributed by atoms with Gasteiger partial charge in [0, 0.05) is 12.1 Å². The maximum Gasteiger partial charge on any atom is 0.254 e. The molecule has 3 aromatic rings. The number of carbonyl (C=O) groups excluding carboxylic acids is 1. The molecule has 29 heavy (non-hydrogen) atoms. The van der Waals surface area contributed by atoms with E-state index in [4.69, 9.17) is 9.47 Å². The van der Waals surface area contributed by atoms with Gasteiger partial charge >= 0.3 is 0 Å². The summed E-state index contributed by atoms with van der Waals surface area (Å²) in [5.74, 6) is 1.50. The monoisotopic (exact) mass is 389 g/mol. The van der Waals surface area contributed by atoms with Crippen LogP contribution in [0.3, 0.4) is 0 Å². The van der Waals surface area contributed by atoms with Gasteiger partial charge in [-0.1, -0.05) is 12.1 Å². The van der Waals surface area contributed by atoms with Gasteiger partial charge in [-0.25, -0.2) is 0 Å². The van der Waals surface area contributed by atoms with Crippen LogP contribution in [-0.2, 0) is 6.42 Å². The van der Waals surface area contributed by atoms with Crippen LogP contribution in [0.5, 0.6) is 23.0 Å². The second kappa shape index (κ2) is 6.74. The second-order valence-electron chi connectivity index (χ2n) is 7.20. The average Bonchev–Trinajstić information content (AvgIpc) is 3.18. The van der Waals surface area contributed by atoms with Gasteiger partial charge in [0.15, 0.2) is 11.5 Å². The molecule has 0 saturated heterocycles. The molecule has 1 unspecified atom stereocenters. The second-order valence-corrected chi connectivity index (χ2v) is 7.20. The highest BCUT2D eigenvalue weighted by Crippen LogP contribution is 2.43. The lowest BCUT2D eigenvalue weighted by molar-refractivity contribution is 0.0694. The Bertz CT molecular complexity index is 1090. The van der Waals surface area contributed by atoms with Crippen molar-refractivity contribution in [1.82, 2.24) is 4.90 Å². The first-order chi connectivity index (χ1) is 14.1. The SMILES string of the molecule is O=C(c1ccc(O)cc1)N1CCc2cc3c(cc2C1c1cccc(O)c1)OCO3. The lowest BCUT2D eigenvalue weighted by Gasteiger charge is -2.38. The number of fused-ring (bicyclic) bond motifs is 2. The zero-order chi connectivity index (χ0) is 20.0. The minimum absolute atomic E-state index is 0.114. The first-order valence-electron chi connectivity index (χ1n) is 9.41. The van der Waals surface area contributed by atoms with Crippen LogP contribution in [0.1, 0.15) is 33.1 Å². The molecule has 0 spiro atoms. The normalized spacial score (nSPS) is 17.1. The van der Waals surface area contributed by atoms with Crippen molar-refractivity contribution in [2.24, 2.45) is 0 Å². The Hall–Kier alpha value is -3.67. The summed E-state index contributed by atoms with van der Waals surface area (Å²) in [6, 6.07) is 16.8. The maximum atomic E-state index is 13.3. The van der Waals surface area contributed by atoms with Crippen LogP contribution >= 0.6 is 0 Å². The molecule has 2 heterocycles. The lowest BCUT2D eigenvalue weighted by atomic mass is 9.87. The van der Waals surface area contributed by atoms with E-state index in [1.807, 2.05) is 18.2 Å². The Morgan fingerprint density at radius 2 is 1.69 bits per heavy atom. The third-order valence-electron chi connectivity index (χ3n) is 5.42. The minimum Gasteiger partial charge on any atom is -0.508 e. The van der Waals surface area contributed by atoms with Gasteiger partial charge in [-0.15, -0.1) is 0 Å². The Labute approximate surface area is 167 Å². The summed E-state index contributed by atoms with van der Waals surface area (Å²) in [7, 11) is 0. The van der Waals surface area contributed by atoms with E-state index in [1.54, 1.807) is 35.2 Å². The van der Waals surface area contributed by atoms with Crippen LogP contribution in [0.4, 0.5) is 0 Å². The van der Waals surface area contributed by atoms with Crippen molar-refractivity contribution in [3.63, 3.8) is 0 Å². The van der Waals surface area contributed by atoms with Crippen LogP contribution < -0.4 is 9.47 Å². The quantitative estimate of drug-likeness (QED) is 0.700. The molecular weight excluding hydrogens is 370 g/mol. The van der Waals surface area contributed by atoms with Crippen molar-refractivity contribution in [3.8, 4) is 23.0 Å². The van der Waals surface area contributed by atoms with Crippen molar-refractivity contribution in [2.75, 3.05) is 13.3 Å². The van der Waals surface area contributed by atoms with E-state index in [1.165, 1.54) is 12.1 Å². The highest BCUT2D eigenvalue weighted by atomic mass is 16.7. The molecule has 0 aromatic heterocycles. The van der Waals surface area contributed by atoms with Gasteiger partial charge in [0.25, 0.3) is 5.91 Å². The molecule has 1 atom stereocenters. The van der Waals surface area contributed by atoms with Crippen molar-refractivity contribution in [3.05, 3.63) is 82.9 Å². The van der Waals surface area contributed by atoms with Gasteiger partial charge < -0.3 is 24.6 Å². The van der Waals surface area contributed by atoms with E-state index in [0.717, 1.165) is 22.4 Å². The molecule has 2 aliphatic rings. The zero-order valence-electron chi connectivity index (χ0n) is 15.5. The molecule has 146 valence electrons. The number of aromatic hydroxyl groups is 2. The number of phenols is 2. The molecule has 6 heteroatoms. The highest BCUT2D eigenvalue weighted by Gasteiger charge is 2.34. The number of rotatable bonds is 2. The van der Waals surface area contributed by atoms with E-state index >= 15 is 0 Å². The van der Waals surface area contributed by atoms with Gasteiger partial charge in [-0.3, -0.25) is 4.79 Å². The third-order valence-corrected chi connectivity index (χ3v) is 5.42. The average molecular weight is 389 g/mol. The van der Waals surface area contributed by atoms with E-state index in [9.17, 15) is 15.0 Å². The number of benzene rings is 3. The molecule has 3 aromatic carbocycles. The Morgan fingerprint density at radius 1 is 0.931 bits per heavy atom. The number of hydrogen-bond acceptors (Lipinski definition) is 5. The number of hydrogen-bond donors (Lipinski definition) is 2. The molecular formula is C23H19NO5. The first kappa shape index (κ1) is 17.4. The Kier molecular flexibility index (Phi) is 4.05. The fraction of sp³-hybridized carbons (Fsp3) is 0.174. The summed E-state index contributed by atoms with van der Waals surface area (Å²) < 4.78 is 11.1. The lowest BCUT2D eigenvalue weighted by Crippen LogP contribution is -2.40. The smallest absolute Gasteiger partial charge is 0.254 e. The van der Waals surface area contributed by atoms with Gasteiger partial charge in [0.05, 0.1) is 6.04 Å². The zero-order valence-corrected chi connectivity index (χ0v) is 15.5. The summed E-state index contributed by atoms with van der Waals surface area (Å²) >= 11 is 0. The molecule has 6 nitrogen and oxygen atoms in total. The van der Waals surface area contributed by atoms with Gasteiger partial charge in [0.1, 0.15) is 11.5 Å². The van der Waals surface area contributed by atoms with Crippen LogP contribution in [-0.4, -0.2) is 34.4 Å². The summed E-state index contributed by atoms with van der Waals surface area (Å²) in [4.78, 5) is 15.1. The molecule has 0 radical (unpaired) electrons. The summed E-state index contributed by atoms with van der Waals surface area (Å²) in [6.45, 7) is 0.706. The Morgan fingerprint density at radius 3 is 2.45 bits per heavy atom. The highest BCUT2D eigenvalue weighted by molar-refractivity contribution is 5.95. The van der Waals surface area contributed by atoms with Crippen LogP contribution in [0, 0.1) is 0 Å². The minimum atomic E-state index is -0.373. The maximum absolute atomic E-state index is 13.3. The Balaban J connectivity index is 1.63. The number of nitrogens with zero attached hydrogens (tertiary/aromatic N) is 1. The molecule has 0 fully saturated rings. The molecule has 0 saturated carbocycles. The van der Waals surface area contributed by atoms with Crippen molar-refractivity contribution >= 4 is 5.91 Å². The predicted molar refractivity (Wildman–Crippen MR) is 105 cm³/mol. The molecule has 2 aliphatic heterocycles. The van der Waals surface area contributed by atoms with E-state index in [-0.39, 0.29) is 30.2 Å². The van der Waals surface area contributed by atoms with Crippen molar-refractivity contribution in [2.45, 2.75) is 12.5 Å². The van der Waals surface area contributed by atoms with Crippen molar-refractivity contribution < 1.29 is 24.5 Å². The standard InChI is InChI=1S/C23H19NO5/c25-17-6-4-14(5-7-17)23(27)24-9-8-15-11-20-21(29-13-28-20)12-19(15)22(24)16-2-1-3-18(26)10-16/h1-7,10-12,22,25-26H,8-9,13H2. The number of ether oxygens (including phenoxy) is 2. The molecule has 0 aliphatic carbocycles. The van der Waals surface area contributed by atoms with E-state index in [0.29, 0.717) is 24.3 Å². The number of phenolic OH excluding ortho intramolecular Hbond substituents is 2. The summed E-state index contributed by atoms with van der Waals surface area (Å²) in [6.07, 6.45) is 0.686. The van der Waals surface area contributed by atoms with Crippen LogP contribution in [0.2, 0.25) is 0 Å². The van der Waals surface area contributed by atoms with E-state index in [2.05, 4.69) is 0 Å². The van der Waals surface area contributed by atoms with Gasteiger partial charge in [0.2, 0.25) is 6.79 Å². The summed E-state index contributed by atoms with van der Waals surface area (Å²) in [5, 5.41) is 19.6. The fourth-order valence-electron chi connectivity index (χ4n) is 4.05. The first-order valence-corrected chi connectivity index (χ1v) is 9.41. The van der Waals surface area contributed by atoms with Gasteiger partial charge in [-0.2, -0.15) is 0 Å². The summed E-state index contributed by atoms with van der Waals surface area (Å²) in [5.41, 5.74) is 3.37. The molecule has 1 amide bonds. The number of carbonyl (C=O) groups is 1. The van der Waals surface area contributed by atoms with E-state index < -0.39 is 0 Å². The van der Waals surface area contributed by atoms with Crippen molar-refractivity contribution in [1.29, 1.82) is 0 Å². The van der Waals surface area contributed by atoms with Gasteiger partial charge in [-0.05, 0) is 71.6 Å². The molecule has 2 N–H and O–H groups in total. The predicted octanol–water partition coefficient (Wildman–Crippen LogP) is 3.61. The van der Waals surface area contributed by atoms with Crippen LogP contribution in [0.25, 0.3) is 0 Å². The van der Waals surface area contributed by atoms with Crippen LogP contribution in [0.15, 0.2) is 60.7 Å². The topological polar surface area (TPSA) is 79.2 Å². The largest absolute Gasteiger partial charge is 0.508 e. The molecule has 5 rings (SSSR count). The fourth-order valence-corrected chi connectivity index (χ4v) is 4.05. The molecule has 0 bridgehead atoms. The third kappa shape index (κ3) is 3.02.